The molecular weight excluding hydrogens is 234 g/mol. The fraction of sp³-hybridized carbons (Fsp3) is 0.471. The van der Waals surface area contributed by atoms with Crippen LogP contribution < -0.4 is 0 Å². The van der Waals surface area contributed by atoms with E-state index in [9.17, 15) is 5.21 Å². The van der Waals surface area contributed by atoms with Gasteiger partial charge in [0.05, 0.1) is 0 Å². The first-order valence-corrected chi connectivity index (χ1v) is 6.74. The third kappa shape index (κ3) is 2.58. The summed E-state index contributed by atoms with van der Waals surface area (Å²) in [5, 5.41) is 11.9. The molecule has 0 aliphatic heterocycles. The SMILES string of the molecule is C=C1C(c2ccc(/C=[N+](/[O-])C(C)(C)C)cc2)C1(C)C. The highest BCUT2D eigenvalue weighted by atomic mass is 16.5. The molecule has 0 amide bonds. The summed E-state index contributed by atoms with van der Waals surface area (Å²) in [6.45, 7) is 14.3. The number of allylic oxidation sites excluding steroid dienone is 1. The van der Waals surface area contributed by atoms with Crippen molar-refractivity contribution in [1.29, 1.82) is 0 Å². The van der Waals surface area contributed by atoms with Crippen molar-refractivity contribution in [3.63, 3.8) is 0 Å². The maximum atomic E-state index is 11.9. The summed E-state index contributed by atoms with van der Waals surface area (Å²) in [7, 11) is 0. The molecule has 0 aromatic heterocycles. The van der Waals surface area contributed by atoms with E-state index in [4.69, 9.17) is 0 Å². The first-order valence-electron chi connectivity index (χ1n) is 6.74. The summed E-state index contributed by atoms with van der Waals surface area (Å²) in [6.07, 6.45) is 1.65. The molecule has 1 aliphatic carbocycles. The lowest BCUT2D eigenvalue weighted by Crippen LogP contribution is -2.29. The molecule has 1 aromatic rings. The van der Waals surface area contributed by atoms with Crippen LogP contribution in [-0.4, -0.2) is 16.5 Å². The van der Waals surface area contributed by atoms with E-state index in [1.165, 1.54) is 11.1 Å². The van der Waals surface area contributed by atoms with Gasteiger partial charge in [0, 0.05) is 32.3 Å². The summed E-state index contributed by atoms with van der Waals surface area (Å²) in [5.74, 6) is 0.465. The van der Waals surface area contributed by atoms with Gasteiger partial charge >= 0.3 is 0 Å². The molecule has 1 saturated carbocycles. The molecule has 0 N–H and O–H groups in total. The first kappa shape index (κ1) is 13.9. The minimum atomic E-state index is -0.397. The lowest BCUT2D eigenvalue weighted by atomic mass is 10.0. The van der Waals surface area contributed by atoms with Gasteiger partial charge in [0.2, 0.25) is 0 Å². The molecule has 1 fully saturated rings. The van der Waals surface area contributed by atoms with E-state index in [2.05, 4.69) is 32.6 Å². The second-order valence-corrected chi connectivity index (χ2v) is 6.97. The van der Waals surface area contributed by atoms with Crippen molar-refractivity contribution < 1.29 is 4.74 Å². The van der Waals surface area contributed by atoms with Crippen LogP contribution >= 0.6 is 0 Å². The molecule has 102 valence electrons. The second-order valence-electron chi connectivity index (χ2n) is 6.97. The quantitative estimate of drug-likeness (QED) is 0.257. The number of benzene rings is 1. The van der Waals surface area contributed by atoms with E-state index < -0.39 is 5.54 Å². The Hall–Kier alpha value is -1.57. The van der Waals surface area contributed by atoms with E-state index >= 15 is 0 Å². The normalized spacial score (nSPS) is 22.5. The monoisotopic (exact) mass is 257 g/mol. The Kier molecular flexibility index (Phi) is 3.08. The van der Waals surface area contributed by atoms with E-state index in [1.54, 1.807) is 6.21 Å². The third-order valence-electron chi connectivity index (χ3n) is 4.01. The van der Waals surface area contributed by atoms with Crippen molar-refractivity contribution in [2.45, 2.75) is 46.1 Å². The Labute approximate surface area is 116 Å². The van der Waals surface area contributed by atoms with Crippen LogP contribution in [0.2, 0.25) is 0 Å². The highest BCUT2D eigenvalue weighted by molar-refractivity contribution is 5.76. The van der Waals surface area contributed by atoms with Crippen LogP contribution in [0.3, 0.4) is 0 Å². The van der Waals surface area contributed by atoms with Gasteiger partial charge in [0.25, 0.3) is 0 Å². The number of hydroxylamine groups is 1. The van der Waals surface area contributed by atoms with Crippen molar-refractivity contribution in [3.8, 4) is 0 Å². The lowest BCUT2D eigenvalue weighted by molar-refractivity contribution is -0.530. The van der Waals surface area contributed by atoms with Gasteiger partial charge in [-0.1, -0.05) is 38.1 Å². The van der Waals surface area contributed by atoms with E-state index in [0.717, 1.165) is 10.3 Å². The van der Waals surface area contributed by atoms with Gasteiger partial charge in [-0.25, -0.2) is 4.74 Å². The fourth-order valence-electron chi connectivity index (χ4n) is 2.36. The summed E-state index contributed by atoms with van der Waals surface area (Å²) in [6, 6.07) is 8.22. The minimum Gasteiger partial charge on any atom is -0.623 e. The van der Waals surface area contributed by atoms with Crippen molar-refractivity contribution in [2.75, 3.05) is 0 Å². The minimum absolute atomic E-state index is 0.223. The van der Waals surface area contributed by atoms with Crippen molar-refractivity contribution in [3.05, 3.63) is 52.8 Å². The zero-order valence-corrected chi connectivity index (χ0v) is 12.5. The van der Waals surface area contributed by atoms with Crippen LogP contribution in [0.4, 0.5) is 0 Å². The summed E-state index contributed by atoms with van der Waals surface area (Å²) < 4.78 is 1.00. The van der Waals surface area contributed by atoms with Gasteiger partial charge in [-0.15, -0.1) is 0 Å². The van der Waals surface area contributed by atoms with Crippen molar-refractivity contribution >= 4 is 6.21 Å². The van der Waals surface area contributed by atoms with Crippen molar-refractivity contribution in [1.82, 2.24) is 0 Å². The molecule has 2 heteroatoms. The Morgan fingerprint density at radius 3 is 2.05 bits per heavy atom. The summed E-state index contributed by atoms with van der Waals surface area (Å²) in [5.41, 5.74) is 3.36. The highest BCUT2D eigenvalue weighted by Crippen LogP contribution is 2.62. The van der Waals surface area contributed by atoms with E-state index in [1.807, 2.05) is 32.9 Å². The number of hydrogen-bond acceptors (Lipinski definition) is 1. The molecule has 0 saturated heterocycles. The summed E-state index contributed by atoms with van der Waals surface area (Å²) in [4.78, 5) is 0. The predicted molar refractivity (Wildman–Crippen MR) is 80.7 cm³/mol. The molecule has 1 aliphatic rings. The molecule has 1 aromatic carbocycles. The maximum Gasteiger partial charge on any atom is 0.182 e. The van der Waals surface area contributed by atoms with Crippen LogP contribution in [0.15, 0.2) is 36.4 Å². The zero-order valence-electron chi connectivity index (χ0n) is 12.5. The number of rotatable bonds is 2. The predicted octanol–water partition coefficient (Wildman–Crippen LogP) is 4.09. The van der Waals surface area contributed by atoms with Crippen molar-refractivity contribution in [2.24, 2.45) is 5.41 Å². The van der Waals surface area contributed by atoms with Crippen LogP contribution in [0.1, 0.15) is 51.7 Å². The van der Waals surface area contributed by atoms with Gasteiger partial charge in [-0.3, -0.25) is 0 Å². The van der Waals surface area contributed by atoms with Gasteiger partial charge in [0.1, 0.15) is 0 Å². The molecule has 2 rings (SSSR count). The topological polar surface area (TPSA) is 26.1 Å². The number of hydrogen-bond donors (Lipinski definition) is 0. The molecule has 1 unspecified atom stereocenters. The Morgan fingerprint density at radius 1 is 1.21 bits per heavy atom. The van der Waals surface area contributed by atoms with Gasteiger partial charge in [-0.2, -0.15) is 0 Å². The Balaban J connectivity index is 2.19. The van der Waals surface area contributed by atoms with Gasteiger partial charge < -0.3 is 5.21 Å². The smallest absolute Gasteiger partial charge is 0.182 e. The molecule has 0 heterocycles. The van der Waals surface area contributed by atoms with Crippen LogP contribution in [0.5, 0.6) is 0 Å². The van der Waals surface area contributed by atoms with E-state index in [0.29, 0.717) is 5.92 Å². The zero-order chi connectivity index (χ0) is 14.4. The average molecular weight is 257 g/mol. The van der Waals surface area contributed by atoms with Crippen LogP contribution in [0.25, 0.3) is 0 Å². The summed E-state index contributed by atoms with van der Waals surface area (Å²) >= 11 is 0. The molecular formula is C17H23NO. The van der Waals surface area contributed by atoms with Crippen LogP contribution in [0, 0.1) is 10.6 Å². The average Bonchev–Trinajstić information content (AvgIpc) is 2.78. The third-order valence-corrected chi connectivity index (χ3v) is 4.01. The largest absolute Gasteiger partial charge is 0.623 e. The number of nitrogens with zero attached hydrogens (tertiary/aromatic N) is 1. The second kappa shape index (κ2) is 4.22. The first-order chi connectivity index (χ1) is 8.64. The highest BCUT2D eigenvalue weighted by Gasteiger charge is 2.51. The molecule has 0 spiro atoms. The van der Waals surface area contributed by atoms with Gasteiger partial charge in [0.15, 0.2) is 11.8 Å². The Morgan fingerprint density at radius 2 is 1.68 bits per heavy atom. The lowest BCUT2D eigenvalue weighted by Gasteiger charge is -2.18. The molecule has 1 atom stereocenters. The standard InChI is InChI=1S/C17H23NO/c1-12-15(17(12,5)6)14-9-7-13(8-10-14)11-18(19)16(2,3)4/h7-11,15H,1H2,2-6H3/b18-11+. The van der Waals surface area contributed by atoms with Crippen LogP contribution in [-0.2, 0) is 0 Å². The van der Waals surface area contributed by atoms with Gasteiger partial charge in [-0.05, 0) is 23.1 Å². The molecule has 2 nitrogen and oxygen atoms in total. The Bertz CT molecular complexity index is 529. The maximum absolute atomic E-state index is 11.9. The molecule has 19 heavy (non-hydrogen) atoms. The molecule has 0 bridgehead atoms. The fourth-order valence-corrected chi connectivity index (χ4v) is 2.36. The molecule has 0 radical (unpaired) electrons. The van der Waals surface area contributed by atoms with E-state index in [-0.39, 0.29) is 5.41 Å².